The molecule has 1 rings (SSSR count). The predicted molar refractivity (Wildman–Crippen MR) is 53.2 cm³/mol. The topological polar surface area (TPSA) is 66.4 Å². The van der Waals surface area contributed by atoms with Crippen LogP contribution in [0.25, 0.3) is 0 Å². The maximum Gasteiger partial charge on any atom is 0.243 e. The lowest BCUT2D eigenvalue weighted by molar-refractivity contribution is 0.289. The van der Waals surface area contributed by atoms with E-state index in [9.17, 15) is 21.6 Å². The van der Waals surface area contributed by atoms with Gasteiger partial charge in [-0.05, 0) is 18.6 Å². The molecule has 0 atom stereocenters. The number of aliphatic hydroxyl groups is 1. The molecule has 0 radical (unpaired) electrons. The molecule has 0 heterocycles. The Labute approximate surface area is 96.1 Å². The Morgan fingerprint density at radius 1 is 1.18 bits per heavy atom. The molecule has 0 spiro atoms. The first-order chi connectivity index (χ1) is 7.90. The van der Waals surface area contributed by atoms with E-state index in [2.05, 4.69) is 0 Å². The Balaban J connectivity index is 3.04. The molecule has 0 fully saturated rings. The van der Waals surface area contributed by atoms with Crippen molar-refractivity contribution in [3.8, 4) is 0 Å². The lowest BCUT2D eigenvalue weighted by Crippen LogP contribution is -2.26. The Kier molecular flexibility index (Phi) is 4.49. The third-order valence-electron chi connectivity index (χ3n) is 1.92. The van der Waals surface area contributed by atoms with Crippen LogP contribution in [-0.4, -0.2) is 26.7 Å². The van der Waals surface area contributed by atoms with Gasteiger partial charge >= 0.3 is 0 Å². The Morgan fingerprint density at radius 2 is 1.82 bits per heavy atom. The monoisotopic (exact) mass is 269 g/mol. The maximum absolute atomic E-state index is 13.2. The average Bonchev–Trinajstić information content (AvgIpc) is 2.26. The molecule has 17 heavy (non-hydrogen) atoms. The number of hydrogen-bond donors (Lipinski definition) is 2. The molecule has 1 aromatic carbocycles. The summed E-state index contributed by atoms with van der Waals surface area (Å²) in [6.45, 7) is -0.375. The summed E-state index contributed by atoms with van der Waals surface area (Å²) in [5.41, 5.74) is 0. The number of hydrogen-bond acceptors (Lipinski definition) is 3. The van der Waals surface area contributed by atoms with Crippen LogP contribution in [0.2, 0.25) is 0 Å². The molecule has 96 valence electrons. The van der Waals surface area contributed by atoms with Crippen molar-refractivity contribution in [3.63, 3.8) is 0 Å². The van der Waals surface area contributed by atoms with Crippen LogP contribution >= 0.6 is 0 Å². The van der Waals surface area contributed by atoms with E-state index < -0.39 is 32.4 Å². The highest BCUT2D eigenvalue weighted by molar-refractivity contribution is 7.89. The molecule has 0 aliphatic rings. The van der Waals surface area contributed by atoms with Gasteiger partial charge in [0.25, 0.3) is 0 Å². The highest BCUT2D eigenvalue weighted by Crippen LogP contribution is 2.19. The van der Waals surface area contributed by atoms with E-state index >= 15 is 0 Å². The molecule has 0 aliphatic carbocycles. The van der Waals surface area contributed by atoms with Crippen molar-refractivity contribution in [2.45, 2.75) is 11.3 Å². The summed E-state index contributed by atoms with van der Waals surface area (Å²) in [4.78, 5) is -0.964. The van der Waals surface area contributed by atoms with E-state index in [1.807, 2.05) is 4.72 Å². The lowest BCUT2D eigenvalue weighted by atomic mass is 10.3. The van der Waals surface area contributed by atoms with E-state index in [0.29, 0.717) is 12.1 Å². The second-order valence-corrected chi connectivity index (χ2v) is 4.88. The molecule has 4 nitrogen and oxygen atoms in total. The molecule has 1 aromatic rings. The molecule has 0 saturated heterocycles. The SMILES string of the molecule is O=S(=O)(NCCCO)c1ccc(F)c(F)c1F. The summed E-state index contributed by atoms with van der Waals surface area (Å²) in [5, 5.41) is 8.45. The van der Waals surface area contributed by atoms with Crippen molar-refractivity contribution < 1.29 is 26.7 Å². The zero-order chi connectivity index (χ0) is 13.1. The molecule has 0 aliphatic heterocycles. The Bertz CT molecular complexity index is 504. The smallest absolute Gasteiger partial charge is 0.243 e. The second kappa shape index (κ2) is 5.48. The van der Waals surface area contributed by atoms with Crippen molar-refractivity contribution in [1.29, 1.82) is 0 Å². The number of benzene rings is 1. The van der Waals surface area contributed by atoms with Crippen LogP contribution in [0.1, 0.15) is 6.42 Å². The number of aliphatic hydroxyl groups excluding tert-OH is 1. The standard InChI is InChI=1S/C9H10F3NO3S/c10-6-2-3-7(9(12)8(6)11)17(15,16)13-4-1-5-14/h2-3,13-14H,1,4-5H2. The molecular formula is C9H10F3NO3S. The summed E-state index contributed by atoms with van der Waals surface area (Å²) >= 11 is 0. The summed E-state index contributed by atoms with van der Waals surface area (Å²) in [6, 6.07) is 1.16. The molecule has 0 aromatic heterocycles. The second-order valence-electron chi connectivity index (χ2n) is 3.15. The van der Waals surface area contributed by atoms with Crippen LogP contribution in [0.5, 0.6) is 0 Å². The van der Waals surface area contributed by atoms with Crippen LogP contribution in [0.4, 0.5) is 13.2 Å². The van der Waals surface area contributed by atoms with Crippen molar-refractivity contribution in [2.24, 2.45) is 0 Å². The van der Waals surface area contributed by atoms with Gasteiger partial charge in [-0.3, -0.25) is 0 Å². The largest absolute Gasteiger partial charge is 0.396 e. The number of sulfonamides is 1. The van der Waals surface area contributed by atoms with Crippen LogP contribution in [-0.2, 0) is 10.0 Å². The first kappa shape index (κ1) is 13.9. The Morgan fingerprint density at radius 3 is 2.41 bits per heavy atom. The number of rotatable bonds is 5. The summed E-state index contributed by atoms with van der Waals surface area (Å²) in [7, 11) is -4.25. The third kappa shape index (κ3) is 3.18. The normalized spacial score (nSPS) is 11.8. The predicted octanol–water partition coefficient (Wildman–Crippen LogP) is 0.765. The zero-order valence-electron chi connectivity index (χ0n) is 8.58. The van der Waals surface area contributed by atoms with Crippen molar-refractivity contribution in [1.82, 2.24) is 4.72 Å². The van der Waals surface area contributed by atoms with Gasteiger partial charge in [0.2, 0.25) is 10.0 Å². The first-order valence-corrected chi connectivity index (χ1v) is 6.12. The van der Waals surface area contributed by atoms with Gasteiger partial charge in [0.15, 0.2) is 17.5 Å². The average molecular weight is 269 g/mol. The van der Waals surface area contributed by atoms with Crippen molar-refractivity contribution >= 4 is 10.0 Å². The lowest BCUT2D eigenvalue weighted by Gasteiger charge is -2.07. The molecule has 0 bridgehead atoms. The van der Waals surface area contributed by atoms with Crippen LogP contribution in [0.15, 0.2) is 17.0 Å². The van der Waals surface area contributed by atoms with Crippen molar-refractivity contribution in [3.05, 3.63) is 29.6 Å². The van der Waals surface area contributed by atoms with E-state index in [0.717, 1.165) is 0 Å². The fourth-order valence-corrected chi connectivity index (χ4v) is 2.22. The molecule has 0 saturated carbocycles. The number of nitrogens with one attached hydrogen (secondary N) is 1. The van der Waals surface area contributed by atoms with Gasteiger partial charge in [0.05, 0.1) is 0 Å². The highest BCUT2D eigenvalue weighted by atomic mass is 32.2. The summed E-state index contributed by atoms with van der Waals surface area (Å²) in [5.74, 6) is -5.06. The molecular weight excluding hydrogens is 259 g/mol. The van der Waals surface area contributed by atoms with Crippen LogP contribution in [0, 0.1) is 17.5 Å². The van der Waals surface area contributed by atoms with Gasteiger partial charge in [-0.25, -0.2) is 26.3 Å². The maximum atomic E-state index is 13.2. The van der Waals surface area contributed by atoms with Crippen LogP contribution < -0.4 is 4.72 Å². The molecule has 0 amide bonds. The fraction of sp³-hybridized carbons (Fsp3) is 0.333. The molecule has 8 heteroatoms. The van der Waals surface area contributed by atoms with Gasteiger partial charge < -0.3 is 5.11 Å². The van der Waals surface area contributed by atoms with Gasteiger partial charge in [0, 0.05) is 13.2 Å². The minimum absolute atomic E-state index is 0.128. The van der Waals surface area contributed by atoms with Gasteiger partial charge in [-0.15, -0.1) is 0 Å². The summed E-state index contributed by atoms with van der Waals surface area (Å²) in [6.07, 6.45) is 0.129. The highest BCUT2D eigenvalue weighted by Gasteiger charge is 2.23. The van der Waals surface area contributed by atoms with E-state index in [4.69, 9.17) is 5.11 Å². The van der Waals surface area contributed by atoms with E-state index in [-0.39, 0.29) is 19.6 Å². The third-order valence-corrected chi connectivity index (χ3v) is 3.39. The van der Waals surface area contributed by atoms with Crippen molar-refractivity contribution in [2.75, 3.05) is 13.2 Å². The first-order valence-electron chi connectivity index (χ1n) is 4.64. The van der Waals surface area contributed by atoms with E-state index in [1.165, 1.54) is 0 Å². The van der Waals surface area contributed by atoms with Gasteiger partial charge in [0.1, 0.15) is 4.90 Å². The summed E-state index contributed by atoms with van der Waals surface area (Å²) < 4.78 is 63.5. The molecule has 0 unspecified atom stereocenters. The minimum atomic E-state index is -4.25. The van der Waals surface area contributed by atoms with E-state index in [1.54, 1.807) is 0 Å². The number of halogens is 3. The Hall–Kier alpha value is -1.12. The minimum Gasteiger partial charge on any atom is -0.396 e. The molecule has 2 N–H and O–H groups in total. The zero-order valence-corrected chi connectivity index (χ0v) is 9.40. The fourth-order valence-electron chi connectivity index (χ4n) is 1.08. The van der Waals surface area contributed by atoms with Gasteiger partial charge in [-0.1, -0.05) is 0 Å². The quantitative estimate of drug-likeness (QED) is 0.613. The van der Waals surface area contributed by atoms with Crippen LogP contribution in [0.3, 0.4) is 0 Å². The van der Waals surface area contributed by atoms with Gasteiger partial charge in [-0.2, -0.15) is 0 Å².